The van der Waals surface area contributed by atoms with Gasteiger partial charge in [-0.2, -0.15) is 5.01 Å². The van der Waals surface area contributed by atoms with E-state index in [0.29, 0.717) is 23.8 Å². The van der Waals surface area contributed by atoms with E-state index in [1.807, 2.05) is 30.3 Å². The number of hydrogen-bond donors (Lipinski definition) is 2. The maximum Gasteiger partial charge on any atom is 0.344 e. The van der Waals surface area contributed by atoms with Gasteiger partial charge in [-0.15, -0.1) is 0 Å². The molecule has 0 bridgehead atoms. The third-order valence-electron chi connectivity index (χ3n) is 6.16. The van der Waals surface area contributed by atoms with Crippen molar-refractivity contribution in [1.29, 1.82) is 0 Å². The molecule has 1 aliphatic carbocycles. The van der Waals surface area contributed by atoms with Crippen LogP contribution >= 0.6 is 0 Å². The third-order valence-corrected chi connectivity index (χ3v) is 6.16. The Morgan fingerprint density at radius 2 is 1.78 bits per heavy atom. The lowest BCUT2D eigenvalue weighted by Crippen LogP contribution is -2.52. The topological polar surface area (TPSA) is 123 Å². The van der Waals surface area contributed by atoms with Crippen LogP contribution in [0.15, 0.2) is 52.2 Å². The van der Waals surface area contributed by atoms with Crippen LogP contribution in [0.1, 0.15) is 38.2 Å². The van der Waals surface area contributed by atoms with Gasteiger partial charge in [-0.3, -0.25) is 28.9 Å². The molecular weight excluding hydrogens is 414 g/mol. The molecule has 2 heterocycles. The van der Waals surface area contributed by atoms with E-state index >= 15 is 0 Å². The number of hydrogen-bond acceptors (Lipinski definition) is 5. The van der Waals surface area contributed by atoms with Crippen LogP contribution in [0.4, 0.5) is 4.79 Å². The molecule has 1 aromatic carbocycles. The highest BCUT2D eigenvalue weighted by Gasteiger charge is 2.52. The second-order valence-corrected chi connectivity index (χ2v) is 8.51. The SMILES string of the molecule is CC1CCC2(CC1)NC(=O)N(NC(=O)Cn1c(=O)ccn(Cc3ccccc3)c1=O)C2=O. The smallest absolute Gasteiger partial charge is 0.322 e. The molecule has 0 unspecified atom stereocenters. The third kappa shape index (κ3) is 4.08. The van der Waals surface area contributed by atoms with Crippen molar-refractivity contribution in [1.82, 2.24) is 24.9 Å². The van der Waals surface area contributed by atoms with Gasteiger partial charge in [0, 0.05) is 12.3 Å². The summed E-state index contributed by atoms with van der Waals surface area (Å²) in [7, 11) is 0. The van der Waals surface area contributed by atoms with Gasteiger partial charge in [0.15, 0.2) is 0 Å². The van der Waals surface area contributed by atoms with Gasteiger partial charge in [0.2, 0.25) is 0 Å². The number of rotatable bonds is 5. The zero-order valence-corrected chi connectivity index (χ0v) is 17.7. The number of urea groups is 1. The zero-order chi connectivity index (χ0) is 22.9. The number of amides is 4. The highest BCUT2D eigenvalue weighted by atomic mass is 16.2. The van der Waals surface area contributed by atoms with Crippen LogP contribution in [0.5, 0.6) is 0 Å². The van der Waals surface area contributed by atoms with Gasteiger partial charge in [-0.1, -0.05) is 37.3 Å². The zero-order valence-electron chi connectivity index (χ0n) is 17.7. The Kier molecular flexibility index (Phi) is 5.68. The van der Waals surface area contributed by atoms with Crippen LogP contribution < -0.4 is 22.0 Å². The Bertz CT molecular complexity index is 1160. The number of nitrogens with one attached hydrogen (secondary N) is 2. The molecule has 0 radical (unpaired) electrons. The van der Waals surface area contributed by atoms with Crippen LogP contribution in [0.2, 0.25) is 0 Å². The van der Waals surface area contributed by atoms with Crippen molar-refractivity contribution in [3.05, 3.63) is 69.0 Å². The van der Waals surface area contributed by atoms with E-state index in [4.69, 9.17) is 0 Å². The molecule has 1 aliphatic heterocycles. The number of nitrogens with zero attached hydrogens (tertiary/aromatic N) is 3. The van der Waals surface area contributed by atoms with Crippen molar-refractivity contribution in [2.45, 2.75) is 51.2 Å². The molecule has 2 fully saturated rings. The maximum absolute atomic E-state index is 12.9. The van der Waals surface area contributed by atoms with E-state index in [9.17, 15) is 24.0 Å². The highest BCUT2D eigenvalue weighted by Crippen LogP contribution is 2.35. The van der Waals surface area contributed by atoms with E-state index in [0.717, 1.165) is 23.0 Å². The highest BCUT2D eigenvalue weighted by molar-refractivity contribution is 6.08. The van der Waals surface area contributed by atoms with Gasteiger partial charge in [0.05, 0.1) is 6.54 Å². The fraction of sp³-hybridized carbons (Fsp3) is 0.409. The molecule has 2 aliphatic rings. The lowest BCUT2D eigenvalue weighted by Gasteiger charge is -2.33. The molecule has 1 saturated carbocycles. The van der Waals surface area contributed by atoms with E-state index < -0.39 is 41.2 Å². The van der Waals surface area contributed by atoms with Crippen LogP contribution in [0.25, 0.3) is 0 Å². The average Bonchev–Trinajstić information content (AvgIpc) is 3.00. The van der Waals surface area contributed by atoms with Gasteiger partial charge in [0.1, 0.15) is 12.1 Å². The number of carbonyl (C=O) groups is 3. The first-order chi connectivity index (χ1) is 15.3. The minimum Gasteiger partial charge on any atom is -0.322 e. The number of hydrazine groups is 1. The Morgan fingerprint density at radius 3 is 2.47 bits per heavy atom. The molecule has 4 rings (SSSR count). The molecule has 10 nitrogen and oxygen atoms in total. The van der Waals surface area contributed by atoms with Crippen molar-refractivity contribution < 1.29 is 14.4 Å². The number of carbonyl (C=O) groups excluding carboxylic acids is 3. The quantitative estimate of drug-likeness (QED) is 0.661. The van der Waals surface area contributed by atoms with Crippen LogP contribution in [0, 0.1) is 5.92 Å². The molecule has 2 aromatic rings. The summed E-state index contributed by atoms with van der Waals surface area (Å²) in [5.41, 5.74) is 0.809. The van der Waals surface area contributed by atoms with Crippen LogP contribution in [-0.4, -0.2) is 37.5 Å². The van der Waals surface area contributed by atoms with Crippen LogP contribution in [-0.2, 0) is 22.7 Å². The molecule has 2 N–H and O–H groups in total. The first kappa shape index (κ1) is 21.5. The Labute approximate surface area is 183 Å². The largest absolute Gasteiger partial charge is 0.344 e. The summed E-state index contributed by atoms with van der Waals surface area (Å²) in [4.78, 5) is 62.8. The van der Waals surface area contributed by atoms with Gasteiger partial charge < -0.3 is 5.32 Å². The summed E-state index contributed by atoms with van der Waals surface area (Å²) in [6.07, 6.45) is 3.99. The van der Waals surface area contributed by atoms with Crippen molar-refractivity contribution in [3.8, 4) is 0 Å². The van der Waals surface area contributed by atoms with E-state index in [1.165, 1.54) is 16.8 Å². The first-order valence-electron chi connectivity index (χ1n) is 10.6. The molecule has 10 heteroatoms. The molecule has 1 saturated heterocycles. The molecule has 1 spiro atoms. The standard InChI is InChI=1S/C22H25N5O5/c1-15-7-10-22(11-8-15)19(30)27(20(31)23-22)24-17(28)14-26-18(29)9-12-25(21(26)32)13-16-5-3-2-4-6-16/h2-6,9,12,15H,7-8,10-11,13-14H2,1H3,(H,23,31)(H,24,28). The number of aromatic nitrogens is 2. The first-order valence-corrected chi connectivity index (χ1v) is 10.6. The Balaban J connectivity index is 1.48. The summed E-state index contributed by atoms with van der Waals surface area (Å²) < 4.78 is 2.09. The van der Waals surface area contributed by atoms with E-state index in [-0.39, 0.29) is 6.54 Å². The Morgan fingerprint density at radius 1 is 1.09 bits per heavy atom. The number of benzene rings is 1. The van der Waals surface area contributed by atoms with Crippen molar-refractivity contribution in [2.24, 2.45) is 5.92 Å². The molecule has 4 amide bonds. The molecule has 1 aromatic heterocycles. The fourth-order valence-corrected chi connectivity index (χ4v) is 4.22. The average molecular weight is 439 g/mol. The van der Waals surface area contributed by atoms with E-state index in [2.05, 4.69) is 17.7 Å². The van der Waals surface area contributed by atoms with Gasteiger partial charge in [-0.25, -0.2) is 9.59 Å². The maximum atomic E-state index is 12.9. The lowest BCUT2D eigenvalue weighted by atomic mass is 9.77. The van der Waals surface area contributed by atoms with Crippen molar-refractivity contribution in [3.63, 3.8) is 0 Å². The second kappa shape index (κ2) is 8.45. The molecular formula is C22H25N5O5. The minimum atomic E-state index is -0.997. The fourth-order valence-electron chi connectivity index (χ4n) is 4.22. The van der Waals surface area contributed by atoms with Crippen molar-refractivity contribution in [2.75, 3.05) is 0 Å². The molecule has 168 valence electrons. The van der Waals surface area contributed by atoms with Gasteiger partial charge in [0.25, 0.3) is 17.4 Å². The predicted molar refractivity (Wildman–Crippen MR) is 114 cm³/mol. The number of imide groups is 1. The lowest BCUT2D eigenvalue weighted by molar-refractivity contribution is -0.140. The summed E-state index contributed by atoms with van der Waals surface area (Å²) >= 11 is 0. The summed E-state index contributed by atoms with van der Waals surface area (Å²) in [6.45, 7) is 1.71. The Hall–Kier alpha value is -3.69. The van der Waals surface area contributed by atoms with Gasteiger partial charge >= 0.3 is 11.7 Å². The monoisotopic (exact) mass is 439 g/mol. The minimum absolute atomic E-state index is 0.232. The van der Waals surface area contributed by atoms with E-state index in [1.54, 1.807) is 0 Å². The van der Waals surface area contributed by atoms with Gasteiger partial charge in [-0.05, 0) is 37.2 Å². The summed E-state index contributed by atoms with van der Waals surface area (Å²) in [5, 5.41) is 3.37. The second-order valence-electron chi connectivity index (χ2n) is 8.51. The molecule has 0 atom stereocenters. The normalized spacial score (nSPS) is 22.8. The molecule has 32 heavy (non-hydrogen) atoms. The van der Waals surface area contributed by atoms with Crippen molar-refractivity contribution >= 4 is 17.8 Å². The van der Waals surface area contributed by atoms with Crippen LogP contribution in [0.3, 0.4) is 0 Å². The summed E-state index contributed by atoms with van der Waals surface area (Å²) in [5.74, 6) is -0.854. The predicted octanol–water partition coefficient (Wildman–Crippen LogP) is 0.590. The summed E-state index contributed by atoms with van der Waals surface area (Å²) in [6, 6.07) is 9.69.